The second-order valence-electron chi connectivity index (χ2n) is 7.06. The normalized spacial score (nSPS) is 19.5. The monoisotopic (exact) mass is 418 g/mol. The molecular weight excluding hydrogens is 392 g/mol. The Morgan fingerprint density at radius 2 is 2.00 bits per heavy atom. The van der Waals surface area contributed by atoms with E-state index in [1.165, 1.54) is 11.8 Å². The number of amides is 1. The summed E-state index contributed by atoms with van der Waals surface area (Å²) in [7, 11) is 1.65. The Labute approximate surface area is 174 Å². The number of aromatic nitrogens is 3. The molecular formula is C20H26N4O4S. The van der Waals surface area contributed by atoms with Crippen LogP contribution in [0.25, 0.3) is 11.4 Å². The van der Waals surface area contributed by atoms with Crippen LogP contribution in [0.4, 0.5) is 0 Å². The van der Waals surface area contributed by atoms with Gasteiger partial charge in [-0.2, -0.15) is 0 Å². The van der Waals surface area contributed by atoms with Gasteiger partial charge in [0.1, 0.15) is 5.75 Å². The summed E-state index contributed by atoms with van der Waals surface area (Å²) in [5.74, 6) is 2.02. The quantitative estimate of drug-likeness (QED) is 0.637. The summed E-state index contributed by atoms with van der Waals surface area (Å²) < 4.78 is 18.5. The van der Waals surface area contributed by atoms with Gasteiger partial charge in [0, 0.05) is 25.3 Å². The molecule has 156 valence electrons. The SMILES string of the molecule is COc1ccc(-c2nnc(SCC(=O)N3CCOCC3)n2C[C@@H]2CCCO2)cc1. The first-order chi connectivity index (χ1) is 14.2. The van der Waals surface area contributed by atoms with Crippen molar-refractivity contribution in [2.75, 3.05) is 45.8 Å². The molecule has 2 aromatic rings. The van der Waals surface area contributed by atoms with Crippen LogP contribution in [0.5, 0.6) is 5.75 Å². The Morgan fingerprint density at radius 3 is 2.69 bits per heavy atom. The van der Waals surface area contributed by atoms with Gasteiger partial charge in [-0.3, -0.25) is 9.36 Å². The third kappa shape index (κ3) is 4.91. The van der Waals surface area contributed by atoms with Gasteiger partial charge in [-0.1, -0.05) is 11.8 Å². The summed E-state index contributed by atoms with van der Waals surface area (Å²) in [6.45, 7) is 3.99. The predicted octanol–water partition coefficient (Wildman–Crippen LogP) is 2.08. The van der Waals surface area contributed by atoms with Gasteiger partial charge in [0.25, 0.3) is 0 Å². The molecule has 1 atom stereocenters. The van der Waals surface area contributed by atoms with Crippen molar-refractivity contribution in [2.45, 2.75) is 30.6 Å². The van der Waals surface area contributed by atoms with E-state index in [2.05, 4.69) is 14.8 Å². The zero-order chi connectivity index (χ0) is 20.1. The lowest BCUT2D eigenvalue weighted by atomic mass is 10.2. The molecule has 0 N–H and O–H groups in total. The largest absolute Gasteiger partial charge is 0.497 e. The molecule has 4 rings (SSSR count). The van der Waals surface area contributed by atoms with Crippen molar-refractivity contribution in [1.82, 2.24) is 19.7 Å². The van der Waals surface area contributed by atoms with E-state index in [1.54, 1.807) is 7.11 Å². The van der Waals surface area contributed by atoms with Gasteiger partial charge >= 0.3 is 0 Å². The van der Waals surface area contributed by atoms with Crippen LogP contribution in [-0.4, -0.2) is 77.4 Å². The van der Waals surface area contributed by atoms with Gasteiger partial charge in [0.15, 0.2) is 11.0 Å². The van der Waals surface area contributed by atoms with Crippen molar-refractivity contribution < 1.29 is 19.0 Å². The number of carbonyl (C=O) groups excluding carboxylic acids is 1. The maximum absolute atomic E-state index is 12.5. The Bertz CT molecular complexity index is 814. The van der Waals surface area contributed by atoms with Gasteiger partial charge in [-0.15, -0.1) is 10.2 Å². The third-order valence-corrected chi connectivity index (χ3v) is 6.12. The molecule has 3 heterocycles. The number of methoxy groups -OCH3 is 1. The number of thioether (sulfide) groups is 1. The molecule has 0 unspecified atom stereocenters. The molecule has 0 saturated carbocycles. The van der Waals surface area contributed by atoms with Crippen molar-refractivity contribution in [3.05, 3.63) is 24.3 Å². The van der Waals surface area contributed by atoms with Gasteiger partial charge in [0.05, 0.1) is 38.7 Å². The minimum atomic E-state index is 0.107. The predicted molar refractivity (Wildman–Crippen MR) is 109 cm³/mol. The van der Waals surface area contributed by atoms with Gasteiger partial charge in [0.2, 0.25) is 5.91 Å². The summed E-state index contributed by atoms with van der Waals surface area (Å²) in [6, 6.07) is 7.77. The Kier molecular flexibility index (Phi) is 6.68. The Morgan fingerprint density at radius 1 is 1.21 bits per heavy atom. The van der Waals surface area contributed by atoms with Crippen LogP contribution in [0.15, 0.2) is 29.4 Å². The van der Waals surface area contributed by atoms with Crippen LogP contribution in [0.1, 0.15) is 12.8 Å². The number of hydrogen-bond acceptors (Lipinski definition) is 7. The van der Waals surface area contributed by atoms with Crippen LogP contribution in [-0.2, 0) is 20.8 Å². The van der Waals surface area contributed by atoms with Crippen molar-refractivity contribution in [3.63, 3.8) is 0 Å². The number of rotatable bonds is 7. The van der Waals surface area contributed by atoms with E-state index in [9.17, 15) is 4.79 Å². The summed E-state index contributed by atoms with van der Waals surface area (Å²) in [5.41, 5.74) is 0.961. The standard InChI is InChI=1S/C20H26N4O4S/c1-26-16-6-4-15(5-7-16)19-21-22-20(24(19)13-17-3-2-10-28-17)29-14-18(25)23-8-11-27-12-9-23/h4-7,17H,2-3,8-14H2,1H3/t17-/m0/s1. The molecule has 0 bridgehead atoms. The molecule has 9 heteroatoms. The highest BCUT2D eigenvalue weighted by Crippen LogP contribution is 2.28. The van der Waals surface area contributed by atoms with Crippen molar-refractivity contribution in [2.24, 2.45) is 0 Å². The molecule has 1 aromatic heterocycles. The van der Waals surface area contributed by atoms with Gasteiger partial charge < -0.3 is 19.1 Å². The second kappa shape index (κ2) is 9.60. The molecule has 1 amide bonds. The molecule has 29 heavy (non-hydrogen) atoms. The summed E-state index contributed by atoms with van der Waals surface area (Å²) in [5, 5.41) is 9.56. The first-order valence-electron chi connectivity index (χ1n) is 9.92. The van der Waals surface area contributed by atoms with Gasteiger partial charge in [-0.25, -0.2) is 0 Å². The molecule has 2 aliphatic heterocycles. The van der Waals surface area contributed by atoms with E-state index < -0.39 is 0 Å². The topological polar surface area (TPSA) is 78.7 Å². The van der Waals surface area contributed by atoms with Crippen molar-refractivity contribution in [3.8, 4) is 17.1 Å². The highest BCUT2D eigenvalue weighted by molar-refractivity contribution is 7.99. The zero-order valence-electron chi connectivity index (χ0n) is 16.6. The highest BCUT2D eigenvalue weighted by Gasteiger charge is 2.23. The molecule has 0 aliphatic carbocycles. The second-order valence-corrected chi connectivity index (χ2v) is 8.00. The Hall–Kier alpha value is -2.10. The maximum Gasteiger partial charge on any atom is 0.233 e. The maximum atomic E-state index is 12.5. The number of hydrogen-bond donors (Lipinski definition) is 0. The van der Waals surface area contributed by atoms with Crippen LogP contribution in [0, 0.1) is 0 Å². The van der Waals surface area contributed by atoms with Crippen LogP contribution >= 0.6 is 11.8 Å². The fourth-order valence-corrected chi connectivity index (χ4v) is 4.39. The van der Waals surface area contributed by atoms with Crippen molar-refractivity contribution >= 4 is 17.7 Å². The minimum Gasteiger partial charge on any atom is -0.497 e. The lowest BCUT2D eigenvalue weighted by molar-refractivity contribution is -0.132. The zero-order valence-corrected chi connectivity index (χ0v) is 17.4. The Balaban J connectivity index is 1.52. The minimum absolute atomic E-state index is 0.107. The molecule has 2 aliphatic rings. The molecule has 8 nitrogen and oxygen atoms in total. The summed E-state index contributed by atoms with van der Waals surface area (Å²) in [4.78, 5) is 14.4. The molecule has 2 saturated heterocycles. The van der Waals surface area contributed by atoms with Gasteiger partial charge in [-0.05, 0) is 37.1 Å². The first-order valence-corrected chi connectivity index (χ1v) is 10.9. The van der Waals surface area contributed by atoms with Crippen LogP contribution in [0.2, 0.25) is 0 Å². The molecule has 2 fully saturated rings. The van der Waals surface area contributed by atoms with Crippen LogP contribution < -0.4 is 4.74 Å². The lowest BCUT2D eigenvalue weighted by Gasteiger charge is -2.26. The molecule has 0 radical (unpaired) electrons. The average Bonchev–Trinajstić information content (AvgIpc) is 3.43. The van der Waals surface area contributed by atoms with Crippen LogP contribution in [0.3, 0.4) is 0 Å². The van der Waals surface area contributed by atoms with E-state index in [-0.39, 0.29) is 12.0 Å². The van der Waals surface area contributed by atoms with E-state index in [0.717, 1.165) is 41.7 Å². The molecule has 1 aromatic carbocycles. The van der Waals surface area contributed by atoms with Crippen molar-refractivity contribution in [1.29, 1.82) is 0 Å². The number of benzene rings is 1. The number of carbonyl (C=O) groups is 1. The fraction of sp³-hybridized carbons (Fsp3) is 0.550. The number of morpholine rings is 1. The molecule has 0 spiro atoms. The van der Waals surface area contributed by atoms with E-state index in [1.807, 2.05) is 29.2 Å². The average molecular weight is 419 g/mol. The fourth-order valence-electron chi connectivity index (χ4n) is 3.54. The first kappa shape index (κ1) is 20.2. The van der Waals surface area contributed by atoms with E-state index in [0.29, 0.717) is 38.6 Å². The lowest BCUT2D eigenvalue weighted by Crippen LogP contribution is -2.41. The third-order valence-electron chi connectivity index (χ3n) is 5.16. The summed E-state index contributed by atoms with van der Waals surface area (Å²) >= 11 is 1.43. The number of nitrogens with zero attached hydrogens (tertiary/aromatic N) is 4. The van der Waals surface area contributed by atoms with E-state index >= 15 is 0 Å². The number of ether oxygens (including phenoxy) is 3. The smallest absolute Gasteiger partial charge is 0.233 e. The van der Waals surface area contributed by atoms with E-state index in [4.69, 9.17) is 14.2 Å². The summed E-state index contributed by atoms with van der Waals surface area (Å²) in [6.07, 6.45) is 2.25. The highest BCUT2D eigenvalue weighted by atomic mass is 32.2.